The van der Waals surface area contributed by atoms with Gasteiger partial charge in [0, 0.05) is 17.7 Å². The number of nitrogens with zero attached hydrogens (tertiary/aromatic N) is 4. The minimum Gasteiger partial charge on any atom is -0.456 e. The fourth-order valence-corrected chi connectivity index (χ4v) is 3.98. The van der Waals surface area contributed by atoms with Crippen molar-refractivity contribution in [2.24, 2.45) is 0 Å². The molecule has 9 heteroatoms. The first-order valence-corrected chi connectivity index (χ1v) is 9.72. The van der Waals surface area contributed by atoms with E-state index < -0.39 is 4.92 Å². The Kier molecular flexibility index (Phi) is 4.22. The van der Waals surface area contributed by atoms with Gasteiger partial charge in [-0.25, -0.2) is 0 Å². The fourth-order valence-electron chi connectivity index (χ4n) is 3.09. The maximum Gasteiger partial charge on any atom is 0.291 e. The average molecular weight is 416 g/mol. The normalized spacial score (nSPS) is 11.9. The van der Waals surface area contributed by atoms with E-state index in [1.807, 2.05) is 30.3 Å². The largest absolute Gasteiger partial charge is 0.456 e. The van der Waals surface area contributed by atoms with Crippen LogP contribution in [0.25, 0.3) is 33.7 Å². The van der Waals surface area contributed by atoms with Crippen molar-refractivity contribution in [3.63, 3.8) is 0 Å². The highest BCUT2D eigenvalue weighted by Crippen LogP contribution is 2.31. The number of nitro groups is 1. The van der Waals surface area contributed by atoms with Gasteiger partial charge in [0.05, 0.1) is 10.5 Å². The summed E-state index contributed by atoms with van der Waals surface area (Å²) in [6.45, 7) is 0. The summed E-state index contributed by atoms with van der Waals surface area (Å²) in [4.78, 5) is 28.4. The number of nitro benzene ring substituents is 1. The fraction of sp³-hybridized carbons (Fsp3) is 0. The average Bonchev–Trinajstić information content (AvgIpc) is 3.46. The number of aromatic nitrogens is 3. The molecule has 0 saturated heterocycles. The summed E-state index contributed by atoms with van der Waals surface area (Å²) in [7, 11) is 0. The number of hydrogen-bond acceptors (Lipinski definition) is 7. The Balaban J connectivity index is 1.54. The van der Waals surface area contributed by atoms with E-state index >= 15 is 0 Å². The molecule has 0 radical (unpaired) electrons. The molecule has 8 nitrogen and oxygen atoms in total. The monoisotopic (exact) mass is 416 g/mol. The Morgan fingerprint density at radius 3 is 2.57 bits per heavy atom. The standard InChI is InChI=1S/C21H12N4O4S/c26-20-18(30-21-22-19(23-24(20)21)13-6-2-1-3-7-13)12-14-10-11-17(29-14)15-8-4-5-9-16(15)25(27)28/h1-12H. The van der Waals surface area contributed by atoms with E-state index in [0.29, 0.717) is 32.4 Å². The molecule has 3 aromatic heterocycles. The van der Waals surface area contributed by atoms with Gasteiger partial charge in [-0.2, -0.15) is 9.50 Å². The molecule has 30 heavy (non-hydrogen) atoms. The summed E-state index contributed by atoms with van der Waals surface area (Å²) >= 11 is 1.20. The van der Waals surface area contributed by atoms with Crippen molar-refractivity contribution in [3.8, 4) is 22.7 Å². The number of thiazole rings is 1. The highest BCUT2D eigenvalue weighted by molar-refractivity contribution is 7.15. The third-order valence-corrected chi connectivity index (χ3v) is 5.44. The van der Waals surface area contributed by atoms with Crippen LogP contribution in [0, 0.1) is 10.1 Å². The first-order valence-electron chi connectivity index (χ1n) is 8.90. The molecule has 0 spiro atoms. The summed E-state index contributed by atoms with van der Waals surface area (Å²) in [6, 6.07) is 19.1. The molecule has 0 amide bonds. The van der Waals surface area contributed by atoms with E-state index in [1.54, 1.807) is 36.4 Å². The van der Waals surface area contributed by atoms with E-state index in [2.05, 4.69) is 10.1 Å². The van der Waals surface area contributed by atoms with Crippen LogP contribution < -0.4 is 10.1 Å². The first kappa shape index (κ1) is 18.0. The lowest BCUT2D eigenvalue weighted by Crippen LogP contribution is -2.23. The van der Waals surface area contributed by atoms with Gasteiger partial charge in [0.1, 0.15) is 16.1 Å². The second-order valence-electron chi connectivity index (χ2n) is 6.39. The predicted molar refractivity (Wildman–Crippen MR) is 112 cm³/mol. The molecule has 0 bridgehead atoms. The van der Waals surface area contributed by atoms with Crippen molar-refractivity contribution in [2.75, 3.05) is 0 Å². The summed E-state index contributed by atoms with van der Waals surface area (Å²) in [6.07, 6.45) is 1.59. The zero-order valence-corrected chi connectivity index (χ0v) is 16.1. The van der Waals surface area contributed by atoms with Gasteiger partial charge in [-0.15, -0.1) is 5.10 Å². The maximum absolute atomic E-state index is 12.7. The molecule has 5 rings (SSSR count). The molecular weight excluding hydrogens is 404 g/mol. The Labute approximate surface area is 172 Å². The van der Waals surface area contributed by atoms with Crippen LogP contribution in [-0.4, -0.2) is 19.5 Å². The molecule has 0 N–H and O–H groups in total. The van der Waals surface area contributed by atoms with Gasteiger partial charge in [0.15, 0.2) is 5.82 Å². The highest BCUT2D eigenvalue weighted by atomic mass is 32.1. The van der Waals surface area contributed by atoms with Gasteiger partial charge in [-0.1, -0.05) is 53.8 Å². The van der Waals surface area contributed by atoms with Crippen LogP contribution in [0.2, 0.25) is 0 Å². The quantitative estimate of drug-likeness (QED) is 0.328. The van der Waals surface area contributed by atoms with Gasteiger partial charge in [0.2, 0.25) is 4.96 Å². The second kappa shape index (κ2) is 7.05. The smallest absolute Gasteiger partial charge is 0.291 e. The van der Waals surface area contributed by atoms with E-state index in [4.69, 9.17) is 4.42 Å². The van der Waals surface area contributed by atoms with Crippen molar-refractivity contribution in [2.45, 2.75) is 0 Å². The van der Waals surface area contributed by atoms with Crippen LogP contribution in [0.15, 0.2) is 75.9 Å². The van der Waals surface area contributed by atoms with Crippen molar-refractivity contribution in [3.05, 3.63) is 97.5 Å². The van der Waals surface area contributed by atoms with E-state index in [0.717, 1.165) is 5.56 Å². The van der Waals surface area contributed by atoms with E-state index in [9.17, 15) is 14.9 Å². The van der Waals surface area contributed by atoms with E-state index in [1.165, 1.54) is 21.9 Å². The topological polar surface area (TPSA) is 104 Å². The van der Waals surface area contributed by atoms with Crippen molar-refractivity contribution >= 4 is 28.1 Å². The van der Waals surface area contributed by atoms with Gasteiger partial charge in [-0.05, 0) is 18.2 Å². The lowest BCUT2D eigenvalue weighted by Gasteiger charge is -1.98. The Morgan fingerprint density at radius 1 is 1.03 bits per heavy atom. The van der Waals surface area contributed by atoms with Crippen molar-refractivity contribution < 1.29 is 9.34 Å². The lowest BCUT2D eigenvalue weighted by atomic mass is 10.1. The van der Waals surface area contributed by atoms with Gasteiger partial charge in [0.25, 0.3) is 11.2 Å². The molecule has 0 fully saturated rings. The third-order valence-electron chi connectivity index (χ3n) is 4.48. The SMILES string of the molecule is O=c1c(=Cc2ccc(-c3ccccc3[N+](=O)[O-])o2)sc2nc(-c3ccccc3)nn12. The molecule has 0 aliphatic heterocycles. The van der Waals surface area contributed by atoms with Crippen LogP contribution in [0.4, 0.5) is 5.69 Å². The number of furan rings is 1. The van der Waals surface area contributed by atoms with Gasteiger partial charge < -0.3 is 4.42 Å². The Bertz CT molecular complexity index is 1500. The first-order chi connectivity index (χ1) is 14.6. The highest BCUT2D eigenvalue weighted by Gasteiger charge is 2.17. The minimum atomic E-state index is -0.457. The van der Waals surface area contributed by atoms with Gasteiger partial charge >= 0.3 is 0 Å². The molecule has 3 heterocycles. The van der Waals surface area contributed by atoms with Crippen LogP contribution in [0.5, 0.6) is 0 Å². The van der Waals surface area contributed by atoms with Crippen LogP contribution in [-0.2, 0) is 0 Å². The molecular formula is C21H12N4O4S. The summed E-state index contributed by atoms with van der Waals surface area (Å²) in [5, 5.41) is 15.5. The summed E-state index contributed by atoms with van der Waals surface area (Å²) in [5.41, 5.74) is 0.863. The van der Waals surface area contributed by atoms with Gasteiger partial charge in [-0.3, -0.25) is 14.9 Å². The molecule has 5 aromatic rings. The number of benzene rings is 2. The molecule has 146 valence electrons. The zero-order chi connectivity index (χ0) is 20.7. The number of fused-ring (bicyclic) bond motifs is 1. The van der Waals surface area contributed by atoms with Crippen LogP contribution >= 0.6 is 11.3 Å². The van der Waals surface area contributed by atoms with Crippen LogP contribution in [0.3, 0.4) is 0 Å². The number of rotatable bonds is 4. The van der Waals surface area contributed by atoms with E-state index in [-0.39, 0.29) is 11.2 Å². The van der Waals surface area contributed by atoms with Crippen LogP contribution in [0.1, 0.15) is 5.76 Å². The summed E-state index contributed by atoms with van der Waals surface area (Å²) in [5.74, 6) is 1.25. The zero-order valence-electron chi connectivity index (χ0n) is 15.3. The number of hydrogen-bond donors (Lipinski definition) is 0. The van der Waals surface area contributed by atoms with Crippen molar-refractivity contribution in [1.82, 2.24) is 14.6 Å². The molecule has 0 aliphatic carbocycles. The maximum atomic E-state index is 12.7. The molecule has 2 aromatic carbocycles. The molecule has 0 unspecified atom stereocenters. The third kappa shape index (κ3) is 3.07. The second-order valence-corrected chi connectivity index (χ2v) is 7.40. The molecule has 0 saturated carbocycles. The predicted octanol–water partition coefficient (Wildman–Crippen LogP) is 3.53. The molecule has 0 aliphatic rings. The Hall–Kier alpha value is -4.11. The Morgan fingerprint density at radius 2 is 1.80 bits per heavy atom. The molecule has 0 atom stereocenters. The minimum absolute atomic E-state index is 0.0462. The summed E-state index contributed by atoms with van der Waals surface area (Å²) < 4.78 is 7.42. The number of para-hydroxylation sites is 1. The van der Waals surface area contributed by atoms with Crippen molar-refractivity contribution in [1.29, 1.82) is 0 Å². The lowest BCUT2D eigenvalue weighted by molar-refractivity contribution is -0.384.